The fraction of sp³-hybridized carbons (Fsp3) is 0.214. The third-order valence-corrected chi connectivity index (χ3v) is 4.00. The molecule has 94 valence electrons. The van der Waals surface area contributed by atoms with Crippen molar-refractivity contribution in [3.05, 3.63) is 62.8 Å². The molecule has 0 fully saturated rings. The monoisotopic (exact) mass is 343 g/mol. The quantitative estimate of drug-likeness (QED) is 0.686. The molecule has 0 spiro atoms. The van der Waals surface area contributed by atoms with E-state index in [4.69, 9.17) is 23.2 Å². The summed E-state index contributed by atoms with van der Waals surface area (Å²) in [5.74, 6) is 0. The van der Waals surface area contributed by atoms with Crippen molar-refractivity contribution >= 4 is 39.1 Å². The first-order valence-corrected chi connectivity index (χ1v) is 7.18. The molecule has 2 rings (SSSR count). The molecule has 1 unspecified atom stereocenters. The molecule has 0 saturated heterocycles. The molecule has 4 heteroatoms. The maximum Gasteiger partial charge on any atom is 0.0655 e. The van der Waals surface area contributed by atoms with Gasteiger partial charge in [-0.15, -0.1) is 11.6 Å². The molecule has 0 N–H and O–H groups in total. The highest BCUT2D eigenvalue weighted by molar-refractivity contribution is 9.10. The first-order chi connectivity index (χ1) is 8.58. The average molecular weight is 345 g/mol. The van der Waals surface area contributed by atoms with Gasteiger partial charge in [0.25, 0.3) is 0 Å². The van der Waals surface area contributed by atoms with Gasteiger partial charge in [0.15, 0.2) is 0 Å². The summed E-state index contributed by atoms with van der Waals surface area (Å²) in [6, 6.07) is 9.71. The van der Waals surface area contributed by atoms with Gasteiger partial charge in [-0.05, 0) is 36.2 Å². The maximum atomic E-state index is 6.43. The minimum Gasteiger partial charge on any atom is -0.261 e. The minimum atomic E-state index is -0.167. The molecular weight excluding hydrogens is 333 g/mol. The number of nitrogens with zero attached hydrogens (tertiary/aromatic N) is 1. The van der Waals surface area contributed by atoms with Crippen LogP contribution >= 0.6 is 39.1 Å². The second-order valence-electron chi connectivity index (χ2n) is 4.10. The number of halogens is 3. The van der Waals surface area contributed by atoms with E-state index in [9.17, 15) is 0 Å². The highest BCUT2D eigenvalue weighted by atomic mass is 79.9. The molecule has 1 aromatic carbocycles. The van der Waals surface area contributed by atoms with Crippen molar-refractivity contribution in [2.75, 3.05) is 0 Å². The molecule has 1 nitrogen and oxygen atoms in total. The van der Waals surface area contributed by atoms with Gasteiger partial charge in [-0.3, -0.25) is 4.98 Å². The number of pyridine rings is 1. The van der Waals surface area contributed by atoms with Crippen LogP contribution in [0.2, 0.25) is 5.02 Å². The number of rotatable bonds is 3. The topological polar surface area (TPSA) is 12.9 Å². The third-order valence-electron chi connectivity index (χ3n) is 2.79. The predicted molar refractivity (Wildman–Crippen MR) is 80.4 cm³/mol. The zero-order valence-electron chi connectivity index (χ0n) is 9.83. The lowest BCUT2D eigenvalue weighted by Crippen LogP contribution is -2.01. The van der Waals surface area contributed by atoms with E-state index in [1.54, 1.807) is 6.20 Å². The Morgan fingerprint density at radius 1 is 1.33 bits per heavy atom. The molecule has 0 aliphatic rings. The van der Waals surface area contributed by atoms with Crippen LogP contribution in [0.4, 0.5) is 0 Å². The van der Waals surface area contributed by atoms with Gasteiger partial charge in [-0.2, -0.15) is 0 Å². The fourth-order valence-corrected chi connectivity index (χ4v) is 2.96. The lowest BCUT2D eigenvalue weighted by Gasteiger charge is -2.13. The number of aromatic nitrogens is 1. The van der Waals surface area contributed by atoms with E-state index in [1.807, 2.05) is 37.3 Å². The minimum absolute atomic E-state index is 0.167. The average Bonchev–Trinajstić information content (AvgIpc) is 2.32. The number of alkyl halides is 1. The number of hydrogen-bond acceptors (Lipinski definition) is 1. The molecule has 0 radical (unpaired) electrons. The Kier molecular flexibility index (Phi) is 4.66. The van der Waals surface area contributed by atoms with E-state index in [2.05, 4.69) is 20.9 Å². The van der Waals surface area contributed by atoms with Gasteiger partial charge in [0.2, 0.25) is 0 Å². The van der Waals surface area contributed by atoms with E-state index in [1.165, 1.54) is 0 Å². The zero-order valence-corrected chi connectivity index (χ0v) is 12.9. The maximum absolute atomic E-state index is 6.43. The SMILES string of the molecule is Cc1cccnc1CC(Cl)c1ccc(Br)cc1Cl. The third kappa shape index (κ3) is 3.25. The first kappa shape index (κ1) is 13.9. The highest BCUT2D eigenvalue weighted by Gasteiger charge is 2.14. The Bertz CT molecular complexity index is 557. The second kappa shape index (κ2) is 6.05. The van der Waals surface area contributed by atoms with Crippen molar-refractivity contribution in [3.8, 4) is 0 Å². The normalized spacial score (nSPS) is 12.4. The molecule has 0 aliphatic carbocycles. The van der Waals surface area contributed by atoms with Crippen LogP contribution in [0.1, 0.15) is 22.2 Å². The summed E-state index contributed by atoms with van der Waals surface area (Å²) >= 11 is 16.0. The Labute approximate surface area is 125 Å². The van der Waals surface area contributed by atoms with E-state index < -0.39 is 0 Å². The van der Waals surface area contributed by atoms with Crippen LogP contribution in [0.15, 0.2) is 41.0 Å². The van der Waals surface area contributed by atoms with Gasteiger partial charge in [0, 0.05) is 27.8 Å². The van der Waals surface area contributed by atoms with Gasteiger partial charge in [-0.25, -0.2) is 0 Å². The molecular formula is C14H12BrCl2N. The van der Waals surface area contributed by atoms with Crippen molar-refractivity contribution in [2.45, 2.75) is 18.7 Å². The number of hydrogen-bond donors (Lipinski definition) is 0. The van der Waals surface area contributed by atoms with Crippen LogP contribution in [0.25, 0.3) is 0 Å². The van der Waals surface area contributed by atoms with Crippen LogP contribution in [0, 0.1) is 6.92 Å². The van der Waals surface area contributed by atoms with Gasteiger partial charge in [0.1, 0.15) is 0 Å². The zero-order chi connectivity index (χ0) is 13.1. The molecule has 1 aromatic heterocycles. The summed E-state index contributed by atoms with van der Waals surface area (Å²) < 4.78 is 0.953. The van der Waals surface area contributed by atoms with Gasteiger partial charge in [0.05, 0.1) is 5.38 Å². The molecule has 0 amide bonds. The molecule has 0 saturated carbocycles. The number of aryl methyl sites for hydroxylation is 1. The molecule has 18 heavy (non-hydrogen) atoms. The van der Waals surface area contributed by atoms with E-state index in [0.717, 1.165) is 21.3 Å². The molecule has 0 bridgehead atoms. The van der Waals surface area contributed by atoms with Crippen molar-refractivity contribution in [2.24, 2.45) is 0 Å². The van der Waals surface area contributed by atoms with E-state index in [-0.39, 0.29) is 5.38 Å². The summed E-state index contributed by atoms with van der Waals surface area (Å²) in [6.45, 7) is 2.04. The van der Waals surface area contributed by atoms with Gasteiger partial charge < -0.3 is 0 Å². The van der Waals surface area contributed by atoms with Crippen LogP contribution in [0.3, 0.4) is 0 Å². The summed E-state index contributed by atoms with van der Waals surface area (Å²) in [4.78, 5) is 4.35. The van der Waals surface area contributed by atoms with Crippen LogP contribution in [-0.4, -0.2) is 4.98 Å². The van der Waals surface area contributed by atoms with E-state index >= 15 is 0 Å². The standard InChI is InChI=1S/C14H12BrCl2N/c1-9-3-2-6-18-14(9)8-13(17)11-5-4-10(15)7-12(11)16/h2-7,13H,8H2,1H3. The Hall–Kier alpha value is -0.570. The van der Waals surface area contributed by atoms with Crippen molar-refractivity contribution in [1.82, 2.24) is 4.98 Å². The Balaban J connectivity index is 2.22. The van der Waals surface area contributed by atoms with Gasteiger partial charge in [-0.1, -0.05) is 39.7 Å². The molecule has 0 aliphatic heterocycles. The number of benzene rings is 1. The lowest BCUT2D eigenvalue weighted by molar-refractivity contribution is 0.870. The van der Waals surface area contributed by atoms with Crippen LogP contribution in [0.5, 0.6) is 0 Å². The summed E-state index contributed by atoms with van der Waals surface area (Å²) in [6.07, 6.45) is 2.46. The van der Waals surface area contributed by atoms with Crippen LogP contribution in [-0.2, 0) is 6.42 Å². The lowest BCUT2D eigenvalue weighted by atomic mass is 10.0. The fourth-order valence-electron chi connectivity index (χ4n) is 1.77. The Morgan fingerprint density at radius 2 is 2.11 bits per heavy atom. The molecule has 1 atom stereocenters. The summed E-state index contributed by atoms with van der Waals surface area (Å²) in [5, 5.41) is 0.511. The summed E-state index contributed by atoms with van der Waals surface area (Å²) in [5.41, 5.74) is 3.10. The Morgan fingerprint density at radius 3 is 2.78 bits per heavy atom. The van der Waals surface area contributed by atoms with Crippen LogP contribution < -0.4 is 0 Å². The summed E-state index contributed by atoms with van der Waals surface area (Å²) in [7, 11) is 0. The largest absolute Gasteiger partial charge is 0.261 e. The van der Waals surface area contributed by atoms with Crippen molar-refractivity contribution in [1.29, 1.82) is 0 Å². The second-order valence-corrected chi connectivity index (χ2v) is 5.95. The predicted octanol–water partition coefficient (Wildman–Crippen LogP) is 5.33. The van der Waals surface area contributed by atoms with Crippen molar-refractivity contribution < 1.29 is 0 Å². The smallest absolute Gasteiger partial charge is 0.0655 e. The molecule has 2 aromatic rings. The highest BCUT2D eigenvalue weighted by Crippen LogP contribution is 2.32. The van der Waals surface area contributed by atoms with Gasteiger partial charge >= 0.3 is 0 Å². The first-order valence-electron chi connectivity index (χ1n) is 5.57. The van der Waals surface area contributed by atoms with E-state index in [0.29, 0.717) is 11.4 Å². The molecule has 1 heterocycles. The van der Waals surface area contributed by atoms with Crippen molar-refractivity contribution in [3.63, 3.8) is 0 Å².